The summed E-state index contributed by atoms with van der Waals surface area (Å²) in [7, 11) is -3.91. The molecule has 0 aliphatic rings. The van der Waals surface area contributed by atoms with Crippen LogP contribution in [0.3, 0.4) is 0 Å². The highest BCUT2D eigenvalue weighted by Gasteiger charge is 2.26. The van der Waals surface area contributed by atoms with Gasteiger partial charge >= 0.3 is 7.82 Å². The van der Waals surface area contributed by atoms with E-state index in [2.05, 4.69) is 19.0 Å². The first-order chi connectivity index (χ1) is 6.18. The van der Waals surface area contributed by atoms with Crippen LogP contribution in [0.1, 0.15) is 32.6 Å². The fourth-order valence-electron chi connectivity index (χ4n) is 0.756. The second-order valence-electron chi connectivity index (χ2n) is 2.48. The minimum absolute atomic E-state index is 0.185. The molecule has 0 N–H and O–H groups in total. The molecule has 0 saturated carbocycles. The Morgan fingerprint density at radius 1 is 1.38 bits per heavy atom. The van der Waals surface area contributed by atoms with Gasteiger partial charge in [-0.1, -0.05) is 30.9 Å². The van der Waals surface area contributed by atoms with Crippen LogP contribution in [0.4, 0.5) is 4.53 Å². The van der Waals surface area contributed by atoms with E-state index in [0.29, 0.717) is 0 Å². The summed E-state index contributed by atoms with van der Waals surface area (Å²) in [4.78, 5) is 0. The third kappa shape index (κ3) is 6.79. The normalized spacial score (nSPS) is 15.6. The lowest BCUT2D eigenvalue weighted by Gasteiger charge is -2.08. The summed E-state index contributed by atoms with van der Waals surface area (Å²) >= 11 is 1.28. The molecule has 0 radical (unpaired) electrons. The van der Waals surface area contributed by atoms with E-state index in [0.717, 1.165) is 25.7 Å². The molecule has 0 aromatic rings. The average molecular weight is 326 g/mol. The predicted molar refractivity (Wildman–Crippen MR) is 55.0 cm³/mol. The molecule has 0 spiro atoms. The van der Waals surface area contributed by atoms with Crippen LogP contribution in [0, 0.1) is 0 Å². The van der Waals surface area contributed by atoms with Gasteiger partial charge in [-0.15, -0.1) is 0 Å². The molecular formula is C6H13FIO4P. The number of halogens is 2. The molecular weight excluding hydrogens is 313 g/mol. The van der Waals surface area contributed by atoms with E-state index in [4.69, 9.17) is 0 Å². The van der Waals surface area contributed by atoms with E-state index in [9.17, 15) is 9.09 Å². The van der Waals surface area contributed by atoms with E-state index in [-0.39, 0.29) is 6.61 Å². The number of unbranched alkanes of at least 4 members (excludes halogenated alkanes) is 3. The van der Waals surface area contributed by atoms with E-state index in [1.54, 1.807) is 0 Å². The van der Waals surface area contributed by atoms with Crippen molar-refractivity contribution in [3.05, 3.63) is 0 Å². The Bertz CT molecular complexity index is 161. The smallest absolute Gasteiger partial charge is 0.285 e. The summed E-state index contributed by atoms with van der Waals surface area (Å²) < 4.78 is 34.4. The first-order valence-corrected chi connectivity index (χ1v) is 6.38. The molecule has 1 unspecified atom stereocenters. The van der Waals surface area contributed by atoms with Crippen molar-refractivity contribution >= 4 is 30.8 Å². The van der Waals surface area contributed by atoms with Crippen molar-refractivity contribution in [2.24, 2.45) is 0 Å². The lowest BCUT2D eigenvalue weighted by Crippen LogP contribution is -1.93. The molecule has 0 bridgehead atoms. The van der Waals surface area contributed by atoms with Crippen LogP contribution in [-0.2, 0) is 16.7 Å². The zero-order valence-corrected chi connectivity index (χ0v) is 10.4. The predicted octanol–water partition coefficient (Wildman–Crippen LogP) is 3.96. The number of phosphoric acid groups is 1. The van der Waals surface area contributed by atoms with Crippen LogP contribution < -0.4 is 0 Å². The van der Waals surface area contributed by atoms with Crippen molar-refractivity contribution in [3.63, 3.8) is 0 Å². The van der Waals surface area contributed by atoms with Gasteiger partial charge in [-0.3, -0.25) is 4.52 Å². The van der Waals surface area contributed by atoms with E-state index < -0.39 is 7.82 Å². The highest BCUT2D eigenvalue weighted by atomic mass is 127. The number of hydrogen-bond acceptors (Lipinski definition) is 4. The molecule has 4 nitrogen and oxygen atoms in total. The molecule has 0 rings (SSSR count). The summed E-state index contributed by atoms with van der Waals surface area (Å²) in [5.41, 5.74) is 0. The zero-order chi connectivity index (χ0) is 10.2. The average Bonchev–Trinajstić information content (AvgIpc) is 2.17. The molecule has 0 aromatic carbocycles. The molecule has 0 fully saturated rings. The van der Waals surface area contributed by atoms with Crippen molar-refractivity contribution in [1.82, 2.24) is 0 Å². The minimum Gasteiger partial charge on any atom is -0.285 e. The highest BCUT2D eigenvalue weighted by Crippen LogP contribution is 2.51. The topological polar surface area (TPSA) is 44.8 Å². The molecule has 0 amide bonds. The Morgan fingerprint density at radius 3 is 2.54 bits per heavy atom. The Hall–Kier alpha value is 0.770. The summed E-state index contributed by atoms with van der Waals surface area (Å²) in [5, 5.41) is 0. The monoisotopic (exact) mass is 326 g/mol. The van der Waals surface area contributed by atoms with Crippen molar-refractivity contribution in [2.75, 3.05) is 6.61 Å². The van der Waals surface area contributed by atoms with Crippen LogP contribution in [0.25, 0.3) is 0 Å². The second kappa shape index (κ2) is 8.11. The SMILES string of the molecule is CCCCCCOP(=O)(OF)OI. The van der Waals surface area contributed by atoms with Crippen LogP contribution in [0.2, 0.25) is 0 Å². The van der Waals surface area contributed by atoms with Crippen LogP contribution in [0.5, 0.6) is 0 Å². The quantitative estimate of drug-likeness (QED) is 0.385. The maximum absolute atomic E-state index is 11.6. The van der Waals surface area contributed by atoms with E-state index in [1.165, 1.54) is 23.0 Å². The first kappa shape index (κ1) is 13.8. The van der Waals surface area contributed by atoms with Gasteiger partial charge in [0.2, 0.25) is 0 Å². The van der Waals surface area contributed by atoms with Gasteiger partial charge in [-0.2, -0.15) is 0 Å². The van der Waals surface area contributed by atoms with Gasteiger partial charge in [-0.05, 0) is 10.9 Å². The second-order valence-corrected chi connectivity index (χ2v) is 5.09. The first-order valence-electron chi connectivity index (χ1n) is 4.03. The molecule has 0 aliphatic carbocycles. The molecule has 0 heterocycles. The van der Waals surface area contributed by atoms with Gasteiger partial charge in [0.15, 0.2) is 0 Å². The van der Waals surface area contributed by atoms with Crippen molar-refractivity contribution in [3.8, 4) is 0 Å². The third-order valence-corrected chi connectivity index (χ3v) is 3.70. The Morgan fingerprint density at radius 2 is 2.08 bits per heavy atom. The Balaban J connectivity index is 3.45. The third-order valence-electron chi connectivity index (χ3n) is 1.42. The van der Waals surface area contributed by atoms with Gasteiger partial charge in [0, 0.05) is 0 Å². The fourth-order valence-corrected chi connectivity index (χ4v) is 1.73. The van der Waals surface area contributed by atoms with Crippen LogP contribution in [-0.4, -0.2) is 6.61 Å². The van der Waals surface area contributed by atoms with Crippen molar-refractivity contribution in [2.45, 2.75) is 32.6 Å². The Kier molecular flexibility index (Phi) is 8.59. The van der Waals surface area contributed by atoms with E-state index in [1.807, 2.05) is 0 Å². The maximum atomic E-state index is 11.6. The van der Waals surface area contributed by atoms with Gasteiger partial charge < -0.3 is 0 Å². The van der Waals surface area contributed by atoms with Crippen molar-refractivity contribution < 1.29 is 21.2 Å². The molecule has 80 valence electrons. The maximum Gasteiger partial charge on any atom is 0.515 e. The minimum atomic E-state index is -3.91. The van der Waals surface area contributed by atoms with Crippen LogP contribution in [0.15, 0.2) is 0 Å². The molecule has 0 aromatic heterocycles. The van der Waals surface area contributed by atoms with Crippen LogP contribution >= 0.6 is 30.8 Å². The molecule has 0 aliphatic heterocycles. The Labute approximate surface area is 91.3 Å². The van der Waals surface area contributed by atoms with Crippen molar-refractivity contribution in [1.29, 1.82) is 0 Å². The molecule has 0 saturated heterocycles. The highest BCUT2D eigenvalue weighted by molar-refractivity contribution is 14.1. The molecule has 1 atom stereocenters. The summed E-state index contributed by atoms with van der Waals surface area (Å²) in [5.74, 6) is 0. The number of rotatable bonds is 8. The standard InChI is InChI=1S/C6H13FIO4P/c1-2-3-4-5-6-10-13(9,11-7)12-8/h2-6H2,1H3. The van der Waals surface area contributed by atoms with Gasteiger partial charge in [0.25, 0.3) is 0 Å². The summed E-state index contributed by atoms with van der Waals surface area (Å²) in [6.07, 6.45) is 3.86. The zero-order valence-electron chi connectivity index (χ0n) is 7.37. The van der Waals surface area contributed by atoms with Gasteiger partial charge in [0.1, 0.15) is 23.0 Å². The van der Waals surface area contributed by atoms with Gasteiger partial charge in [0.05, 0.1) is 6.61 Å². The molecule has 13 heavy (non-hydrogen) atoms. The van der Waals surface area contributed by atoms with Gasteiger partial charge in [-0.25, -0.2) is 7.42 Å². The van der Waals surface area contributed by atoms with E-state index >= 15 is 0 Å². The fraction of sp³-hybridized carbons (Fsp3) is 1.00. The lowest BCUT2D eigenvalue weighted by molar-refractivity contribution is -0.0414. The summed E-state index contributed by atoms with van der Waals surface area (Å²) in [6, 6.07) is 0. The number of hydrogen-bond donors (Lipinski definition) is 0. The largest absolute Gasteiger partial charge is 0.515 e. The summed E-state index contributed by atoms with van der Waals surface area (Å²) in [6.45, 7) is 2.26. The molecule has 7 heteroatoms. The lowest BCUT2D eigenvalue weighted by atomic mass is 10.2.